The average molecular weight is 1680 g/mol. The highest BCUT2D eigenvalue weighted by atomic mass is 32.2. The number of rotatable bonds is 5. The number of aliphatic hydroxyl groups excluding tert-OH is 4. The Bertz CT molecular complexity index is 4330. The van der Waals surface area contributed by atoms with Gasteiger partial charge in [-0.1, -0.05) is 103 Å². The van der Waals surface area contributed by atoms with E-state index in [1.165, 1.54) is 76.4 Å². The summed E-state index contributed by atoms with van der Waals surface area (Å²) in [7, 11) is 1.43. The summed E-state index contributed by atoms with van der Waals surface area (Å²) in [4.78, 5) is 97.4. The number of halogens is 9. The zero-order valence-electron chi connectivity index (χ0n) is 67.7. The van der Waals surface area contributed by atoms with E-state index >= 15 is 35.1 Å². The molecule has 0 radical (unpaired) electrons. The molecule has 29 heteroatoms. The number of thioether (sulfide) groups is 2. The van der Waals surface area contributed by atoms with Crippen molar-refractivity contribution in [1.82, 2.24) is 5.32 Å². The molecule has 0 unspecified atom stereocenters. The molecule has 0 aromatic heterocycles. The molecule has 116 heavy (non-hydrogen) atoms. The highest BCUT2D eigenvalue weighted by Gasteiger charge is 2.82. The molecule has 12 fully saturated rings. The maximum Gasteiger partial charge on any atom is 0.336 e. The summed E-state index contributed by atoms with van der Waals surface area (Å²) in [5.41, 5.74) is -26.8. The minimum absolute atomic E-state index is 0.0287. The van der Waals surface area contributed by atoms with E-state index in [4.69, 9.17) is 0 Å². The molecule has 0 heterocycles. The topological polar surface area (TPSA) is 331 Å². The lowest BCUT2D eigenvalue weighted by Gasteiger charge is -2.63. The standard InChI is InChI=1S/C22H27F3O4S.C22H29F2NO4.C22H28F2O4S.C21H26F2O5/c1-11-6-13-14-8-16(24)15-7-12(26)4-5-19(15,2)21(14,25)17(27)9-20(13,3)22(11,29)18(28)30-10-23;1-11-7-13-14-9-16(23)15-8-12(26)5-6-19(15,2)21(14,24)17(27)10-20(13,3)22(11,29)18(28)25-4;1-11-7-13-14-9-16(23)15-8-12(25)5-6-19(15,2)21(14,24)17(26)10-20(13,3)22(11,28)18(27)29-4;1-10-6-12-13-8-15(22)14-7-11(24)4-5-18(14,2)20(13,23)16(25)9-19(12,3)21(10,28)17(26)27/h4-5,7,11,13-14,16-17,27,29H,6,8-10H2,1-3H3;5-6,8,11,13-14,16-17,27,29H,7,9-10H2,1-4H3,(H,25,28);5-6,8,11,13-14,16-17,26,28H,7,9-10H2,1-4H3;4-5,7,10,12-13,15-16,25,28H,6,8-9H2,1-3H3,(H,26,27)/t3*11-,13+,14+,16+,17+,19+,20+,21+,22+;10-,12+,13+,15+,16+,18+,19+,20+,21+/m1111/s1. The SMILES string of the molecule is CNC(=O)[C@@]1(O)[C@H](C)C[C@H]2[C@@H]3C[C@H](F)C4=CC(=O)C=C[C@]4(C)[C@@]3(F)[C@@H](O)C[C@@]21C.CSC(=O)[C@@]1(O)[C@H](C)C[C@H]2[C@@H]3C[C@H](F)C4=CC(=O)C=C[C@]4(C)[C@@]3(F)[C@@H](O)C[C@@]21C.C[C@@H]1C[C@H]2[C@@H]3C[C@H](F)C4=CC(=O)C=C[C@]4(C)[C@@]3(F)[C@@H](O)C[C@]2(C)[C@@]1(O)C(=O)O.C[C@@H]1C[C@H]2[C@@H]3C[C@H](F)C4=CC(=O)C=C[C@]4(C)[C@@]3(F)[C@@H](O)C[C@]2(C)[C@@]1(O)C(=O)SCF. The number of fused-ring (bicyclic) bond motifs is 20. The molecule has 0 aromatic rings. The number of ketones is 4. The zero-order valence-corrected chi connectivity index (χ0v) is 69.3. The van der Waals surface area contributed by atoms with Crippen molar-refractivity contribution in [2.75, 3.05) is 19.3 Å². The Balaban J connectivity index is 0.000000135. The van der Waals surface area contributed by atoms with Crippen LogP contribution in [0.2, 0.25) is 0 Å². The number of likely N-dealkylation sites (N-methyl/N-ethyl adjacent to an activating group) is 1. The fraction of sp³-hybridized carbons (Fsp3) is 0.724. The first-order valence-corrected chi connectivity index (χ1v) is 42.7. The van der Waals surface area contributed by atoms with Crippen molar-refractivity contribution in [2.45, 2.75) is 254 Å². The van der Waals surface area contributed by atoms with Crippen molar-refractivity contribution in [3.8, 4) is 0 Å². The van der Waals surface area contributed by atoms with Gasteiger partial charge in [0.2, 0.25) is 10.2 Å². The summed E-state index contributed by atoms with van der Waals surface area (Å²) < 4.78 is 141. The molecule has 0 aromatic carbocycles. The number of amides is 1. The number of hydrogen-bond donors (Lipinski definition) is 10. The van der Waals surface area contributed by atoms with Crippen LogP contribution in [0.15, 0.2) is 95.2 Å². The number of aliphatic hydroxyl groups is 8. The molecule has 10 N–H and O–H groups in total. The normalized spacial score (nSPS) is 53.7. The van der Waals surface area contributed by atoms with Crippen LogP contribution in [0.1, 0.15) is 160 Å². The molecule has 0 spiro atoms. The molecule has 640 valence electrons. The van der Waals surface area contributed by atoms with Gasteiger partial charge >= 0.3 is 5.97 Å². The van der Waals surface area contributed by atoms with E-state index in [0.717, 1.165) is 36.1 Å². The van der Waals surface area contributed by atoms with Gasteiger partial charge in [0.1, 0.15) is 41.9 Å². The van der Waals surface area contributed by atoms with E-state index in [1.807, 2.05) is 0 Å². The first-order valence-electron chi connectivity index (χ1n) is 40.5. The van der Waals surface area contributed by atoms with Gasteiger partial charge in [-0.3, -0.25) is 33.6 Å². The number of nitrogens with one attached hydrogen (secondary N) is 1. The lowest BCUT2D eigenvalue weighted by Crippen LogP contribution is -2.71. The Morgan fingerprint density at radius 1 is 0.405 bits per heavy atom. The number of aliphatic carboxylic acids is 1. The third kappa shape index (κ3) is 10.8. The third-order valence-electron chi connectivity index (χ3n) is 34.7. The molecule has 18 nitrogen and oxygen atoms in total. The monoisotopic (exact) mass is 1680 g/mol. The number of hydrogen-bond acceptors (Lipinski definition) is 18. The van der Waals surface area contributed by atoms with E-state index in [-0.39, 0.29) is 98.1 Å². The summed E-state index contributed by atoms with van der Waals surface area (Å²) in [6, 6.07) is -0.995. The molecular formula is C87H110F9NO17S2. The molecule has 0 aliphatic heterocycles. The van der Waals surface area contributed by atoms with E-state index in [9.17, 15) is 88.7 Å². The number of carboxylic acid groups (broad SMARTS) is 1. The summed E-state index contributed by atoms with van der Waals surface area (Å²) >= 11 is 1.30. The van der Waals surface area contributed by atoms with Crippen LogP contribution < -0.4 is 5.32 Å². The largest absolute Gasteiger partial charge is 0.479 e. The van der Waals surface area contributed by atoms with Gasteiger partial charge in [-0.2, -0.15) is 0 Å². The lowest BCUT2D eigenvalue weighted by molar-refractivity contribution is -0.229. The minimum atomic E-state index is -2.26. The van der Waals surface area contributed by atoms with Crippen LogP contribution in [0, 0.1) is 114 Å². The minimum Gasteiger partial charge on any atom is -0.479 e. The Morgan fingerprint density at radius 2 is 0.638 bits per heavy atom. The van der Waals surface area contributed by atoms with Crippen molar-refractivity contribution in [2.24, 2.45) is 114 Å². The van der Waals surface area contributed by atoms with Gasteiger partial charge in [0.25, 0.3) is 5.91 Å². The summed E-state index contributed by atoms with van der Waals surface area (Å²) in [5, 5.41) is 101. The van der Waals surface area contributed by atoms with Crippen molar-refractivity contribution >= 4 is 68.8 Å². The van der Waals surface area contributed by atoms with Gasteiger partial charge in [-0.25, -0.2) is 44.3 Å². The van der Waals surface area contributed by atoms with E-state index in [1.54, 1.807) is 68.6 Å². The van der Waals surface area contributed by atoms with Crippen molar-refractivity contribution in [3.63, 3.8) is 0 Å². The fourth-order valence-corrected chi connectivity index (χ4v) is 30.0. The summed E-state index contributed by atoms with van der Waals surface area (Å²) in [6.07, 6.45) is 3.78. The first kappa shape index (κ1) is 88.4. The van der Waals surface area contributed by atoms with Crippen LogP contribution in [0.4, 0.5) is 39.5 Å². The number of alkyl halides is 9. The van der Waals surface area contributed by atoms with Crippen LogP contribution in [-0.4, -0.2) is 205 Å². The highest BCUT2D eigenvalue weighted by molar-refractivity contribution is 8.13. The Labute approximate surface area is 677 Å². The number of carbonyl (C=O) groups excluding carboxylic acids is 7. The molecule has 0 saturated heterocycles. The van der Waals surface area contributed by atoms with Gasteiger partial charge < -0.3 is 51.3 Å². The van der Waals surface area contributed by atoms with E-state index in [0.29, 0.717) is 24.6 Å². The van der Waals surface area contributed by atoms with E-state index in [2.05, 4.69) is 5.32 Å². The molecule has 36 atom stereocenters. The first-order chi connectivity index (χ1) is 53.5. The fourth-order valence-electron chi connectivity index (χ4n) is 28.5. The number of carboxylic acids is 1. The second-order valence-corrected chi connectivity index (χ2v) is 40.6. The van der Waals surface area contributed by atoms with Gasteiger partial charge in [0, 0.05) is 74.0 Å². The Hall–Kier alpha value is -5.37. The van der Waals surface area contributed by atoms with Gasteiger partial charge in [-0.15, -0.1) is 0 Å². The van der Waals surface area contributed by atoms with Gasteiger partial charge in [0.15, 0.2) is 57.0 Å². The van der Waals surface area contributed by atoms with Crippen molar-refractivity contribution in [3.05, 3.63) is 95.2 Å². The zero-order chi connectivity index (χ0) is 86.3. The second-order valence-electron chi connectivity index (χ2n) is 39.0. The molecule has 1 amide bonds. The van der Waals surface area contributed by atoms with Crippen LogP contribution in [0.25, 0.3) is 0 Å². The third-order valence-corrected chi connectivity index (χ3v) is 36.1. The van der Waals surface area contributed by atoms with Crippen LogP contribution in [0.3, 0.4) is 0 Å². The second kappa shape index (κ2) is 28.1. The average Bonchev–Trinajstić information content (AvgIpc) is 1.41. The van der Waals surface area contributed by atoms with Gasteiger partial charge in [0.05, 0.1) is 24.4 Å². The lowest BCUT2D eigenvalue weighted by atomic mass is 9.44. The predicted molar refractivity (Wildman–Crippen MR) is 411 cm³/mol. The molecule has 0 bridgehead atoms. The number of carbonyl (C=O) groups is 8. The van der Waals surface area contributed by atoms with Crippen molar-refractivity contribution < 1.29 is 124 Å². The summed E-state index contributed by atoms with van der Waals surface area (Å²) in [5.74, 6) is -11.6. The smallest absolute Gasteiger partial charge is 0.336 e. The Kier molecular flexibility index (Phi) is 21.4. The predicted octanol–water partition coefficient (Wildman–Crippen LogP) is 11.0. The maximum absolute atomic E-state index is 16.9. The highest BCUT2D eigenvalue weighted by Crippen LogP contribution is 2.77. The molecule has 16 rings (SSSR count). The van der Waals surface area contributed by atoms with Crippen LogP contribution in [-0.2, 0) is 38.4 Å². The molecular weight excluding hydrogens is 1570 g/mol. The summed E-state index contributed by atoms with van der Waals surface area (Å²) in [6.45, 7) is 19.5. The van der Waals surface area contributed by atoms with Crippen molar-refractivity contribution in [1.29, 1.82) is 0 Å². The van der Waals surface area contributed by atoms with Crippen LogP contribution >= 0.6 is 23.5 Å². The quantitative estimate of drug-likeness (QED) is 0.114. The van der Waals surface area contributed by atoms with E-state index < -0.39 is 248 Å². The molecule has 12 saturated carbocycles. The Morgan fingerprint density at radius 3 is 0.879 bits per heavy atom. The molecule has 16 aliphatic rings. The molecule has 16 aliphatic carbocycles. The van der Waals surface area contributed by atoms with Crippen LogP contribution in [0.5, 0.6) is 0 Å². The number of allylic oxidation sites excluding steroid dienone is 16. The maximum atomic E-state index is 16.9. The van der Waals surface area contributed by atoms with Gasteiger partial charge in [-0.05, 0) is 229 Å².